The minimum atomic E-state index is 0.358. The summed E-state index contributed by atoms with van der Waals surface area (Å²) in [6.07, 6.45) is 4.54. The van der Waals surface area contributed by atoms with Crippen molar-refractivity contribution in [2.75, 3.05) is 0 Å². The average molecular weight is 164 g/mol. The van der Waals surface area contributed by atoms with Crippen molar-refractivity contribution in [3.8, 4) is 0 Å². The third-order valence-corrected chi connectivity index (χ3v) is 3.65. The Balaban J connectivity index is 2.90. The molecule has 0 spiro atoms. The number of hydrogen-bond donors (Lipinski definition) is 0. The molecule has 1 rings (SSSR count). The van der Waals surface area contributed by atoms with Crippen molar-refractivity contribution in [3.05, 3.63) is 24.8 Å². The van der Waals surface area contributed by atoms with Crippen LogP contribution in [0.15, 0.2) is 24.8 Å². The van der Waals surface area contributed by atoms with Gasteiger partial charge in [0.2, 0.25) is 0 Å². The van der Waals surface area contributed by atoms with Crippen LogP contribution in [-0.2, 0) is 0 Å². The topological polar surface area (TPSA) is 0 Å². The largest absolute Gasteiger partial charge is 0.102 e. The summed E-state index contributed by atoms with van der Waals surface area (Å²) in [5, 5.41) is 0. The van der Waals surface area contributed by atoms with Gasteiger partial charge in [0.1, 0.15) is 0 Å². The van der Waals surface area contributed by atoms with Gasteiger partial charge in [0.05, 0.1) is 0 Å². The average Bonchev–Trinajstić information content (AvgIpc) is 1.98. The van der Waals surface area contributed by atoms with Crippen LogP contribution in [-0.4, -0.2) is 0 Å². The highest BCUT2D eigenvalue weighted by molar-refractivity contribution is 5.16. The van der Waals surface area contributed by atoms with Crippen molar-refractivity contribution in [2.45, 2.75) is 33.6 Å². The molecule has 1 fully saturated rings. The molecule has 0 bridgehead atoms. The molecular formula is C12H20. The summed E-state index contributed by atoms with van der Waals surface area (Å²) >= 11 is 0. The zero-order valence-corrected chi connectivity index (χ0v) is 8.56. The molecule has 0 aromatic carbocycles. The lowest BCUT2D eigenvalue weighted by Crippen LogP contribution is -2.34. The van der Waals surface area contributed by atoms with E-state index in [9.17, 15) is 0 Å². The Kier molecular flexibility index (Phi) is 2.46. The van der Waals surface area contributed by atoms with Crippen LogP contribution in [0.4, 0.5) is 0 Å². The van der Waals surface area contributed by atoms with Gasteiger partial charge in [-0.25, -0.2) is 0 Å². The van der Waals surface area contributed by atoms with Crippen LogP contribution in [0.3, 0.4) is 0 Å². The van der Waals surface area contributed by atoms with E-state index in [1.807, 2.05) is 0 Å². The quantitative estimate of drug-likeness (QED) is 0.517. The zero-order chi connectivity index (χ0) is 9.35. The normalized spacial score (nSPS) is 34.8. The molecular weight excluding hydrogens is 144 g/mol. The molecule has 2 unspecified atom stereocenters. The molecule has 0 aliphatic heterocycles. The van der Waals surface area contributed by atoms with Crippen molar-refractivity contribution in [3.63, 3.8) is 0 Å². The maximum Gasteiger partial charge on any atom is 0.00251 e. The number of rotatable bonds is 1. The van der Waals surface area contributed by atoms with Gasteiger partial charge in [-0.2, -0.15) is 0 Å². The first-order valence-corrected chi connectivity index (χ1v) is 4.80. The molecule has 1 saturated carbocycles. The monoisotopic (exact) mass is 164 g/mol. The van der Waals surface area contributed by atoms with E-state index in [4.69, 9.17) is 0 Å². The summed E-state index contributed by atoms with van der Waals surface area (Å²) in [7, 11) is 0. The van der Waals surface area contributed by atoms with Crippen LogP contribution < -0.4 is 0 Å². The molecule has 0 heterocycles. The van der Waals surface area contributed by atoms with Crippen molar-refractivity contribution < 1.29 is 0 Å². The Morgan fingerprint density at radius 2 is 2.08 bits per heavy atom. The van der Waals surface area contributed by atoms with Crippen molar-refractivity contribution in [1.29, 1.82) is 0 Å². The van der Waals surface area contributed by atoms with E-state index in [-0.39, 0.29) is 0 Å². The Morgan fingerprint density at radius 1 is 1.50 bits per heavy atom. The van der Waals surface area contributed by atoms with Crippen LogP contribution >= 0.6 is 0 Å². The second kappa shape index (κ2) is 3.08. The van der Waals surface area contributed by atoms with Gasteiger partial charge in [0, 0.05) is 5.92 Å². The van der Waals surface area contributed by atoms with E-state index in [0.29, 0.717) is 11.3 Å². The lowest BCUT2D eigenvalue weighted by atomic mass is 9.61. The Bertz CT molecular complexity index is 198. The SMILES string of the molecule is C=CC1C(=C)CCC(C)C1(C)C. The van der Waals surface area contributed by atoms with Gasteiger partial charge in [-0.05, 0) is 24.2 Å². The summed E-state index contributed by atoms with van der Waals surface area (Å²) in [6.45, 7) is 15.0. The highest BCUT2D eigenvalue weighted by Crippen LogP contribution is 2.47. The summed E-state index contributed by atoms with van der Waals surface area (Å²) in [6, 6.07) is 0. The third kappa shape index (κ3) is 1.35. The molecule has 0 heteroatoms. The van der Waals surface area contributed by atoms with Crippen LogP contribution in [0, 0.1) is 17.3 Å². The maximum atomic E-state index is 4.13. The molecule has 68 valence electrons. The first kappa shape index (κ1) is 9.57. The highest BCUT2D eigenvalue weighted by atomic mass is 14.4. The third-order valence-electron chi connectivity index (χ3n) is 3.65. The zero-order valence-electron chi connectivity index (χ0n) is 8.56. The summed E-state index contributed by atoms with van der Waals surface area (Å²) in [5.74, 6) is 1.30. The minimum Gasteiger partial charge on any atom is -0.102 e. The predicted octanol–water partition coefficient (Wildman–Crippen LogP) is 3.80. The van der Waals surface area contributed by atoms with E-state index >= 15 is 0 Å². The van der Waals surface area contributed by atoms with Crippen LogP contribution in [0.1, 0.15) is 33.6 Å². The lowest BCUT2D eigenvalue weighted by Gasteiger charge is -2.43. The molecule has 1 aliphatic carbocycles. The van der Waals surface area contributed by atoms with Gasteiger partial charge in [0.25, 0.3) is 0 Å². The van der Waals surface area contributed by atoms with E-state index in [0.717, 1.165) is 5.92 Å². The molecule has 0 N–H and O–H groups in total. The van der Waals surface area contributed by atoms with Gasteiger partial charge in [0.15, 0.2) is 0 Å². The van der Waals surface area contributed by atoms with Crippen molar-refractivity contribution in [2.24, 2.45) is 17.3 Å². The van der Waals surface area contributed by atoms with E-state index in [2.05, 4.69) is 40.0 Å². The van der Waals surface area contributed by atoms with Crippen molar-refractivity contribution in [1.82, 2.24) is 0 Å². The molecule has 12 heavy (non-hydrogen) atoms. The molecule has 0 amide bonds. The number of allylic oxidation sites excluding steroid dienone is 2. The van der Waals surface area contributed by atoms with Crippen LogP contribution in [0.5, 0.6) is 0 Å². The Morgan fingerprint density at radius 3 is 2.50 bits per heavy atom. The van der Waals surface area contributed by atoms with Crippen LogP contribution in [0.2, 0.25) is 0 Å². The standard InChI is InChI=1S/C12H20/c1-6-11-9(2)7-8-10(3)12(11,4)5/h6,10-11H,1-2,7-8H2,3-5H3. The molecule has 0 nitrogen and oxygen atoms in total. The van der Waals surface area contributed by atoms with Gasteiger partial charge in [-0.3, -0.25) is 0 Å². The molecule has 0 aromatic rings. The molecule has 0 saturated heterocycles. The van der Waals surface area contributed by atoms with Gasteiger partial charge in [-0.1, -0.05) is 39.0 Å². The van der Waals surface area contributed by atoms with E-state index in [1.165, 1.54) is 18.4 Å². The molecule has 0 radical (unpaired) electrons. The van der Waals surface area contributed by atoms with E-state index in [1.54, 1.807) is 0 Å². The summed E-state index contributed by atoms with van der Waals surface area (Å²) in [4.78, 5) is 0. The smallest absolute Gasteiger partial charge is 0.00251 e. The summed E-state index contributed by atoms with van der Waals surface area (Å²) in [5.41, 5.74) is 1.73. The Hall–Kier alpha value is -0.520. The molecule has 1 aliphatic rings. The fourth-order valence-corrected chi connectivity index (χ4v) is 2.23. The molecule has 0 aromatic heterocycles. The first-order valence-electron chi connectivity index (χ1n) is 4.80. The number of hydrogen-bond acceptors (Lipinski definition) is 0. The highest BCUT2D eigenvalue weighted by Gasteiger charge is 2.37. The Labute approximate surface area is 76.4 Å². The first-order chi connectivity index (χ1) is 5.50. The van der Waals surface area contributed by atoms with Crippen molar-refractivity contribution >= 4 is 0 Å². The minimum absolute atomic E-state index is 0.358. The van der Waals surface area contributed by atoms with E-state index < -0.39 is 0 Å². The van der Waals surface area contributed by atoms with Crippen LogP contribution in [0.25, 0.3) is 0 Å². The fraction of sp³-hybridized carbons (Fsp3) is 0.667. The van der Waals surface area contributed by atoms with Gasteiger partial charge < -0.3 is 0 Å². The maximum absolute atomic E-state index is 4.13. The predicted molar refractivity (Wildman–Crippen MR) is 55.0 cm³/mol. The van der Waals surface area contributed by atoms with Gasteiger partial charge in [-0.15, -0.1) is 6.58 Å². The second-order valence-corrected chi connectivity index (χ2v) is 4.63. The fourth-order valence-electron chi connectivity index (χ4n) is 2.23. The lowest BCUT2D eigenvalue weighted by molar-refractivity contribution is 0.141. The summed E-state index contributed by atoms with van der Waals surface area (Å²) < 4.78 is 0. The molecule has 2 atom stereocenters. The second-order valence-electron chi connectivity index (χ2n) is 4.63. The van der Waals surface area contributed by atoms with Gasteiger partial charge >= 0.3 is 0 Å².